The molecular formula is C19H21N7O3S. The Morgan fingerprint density at radius 1 is 1.13 bits per heavy atom. The monoisotopic (exact) mass is 427 g/mol. The van der Waals surface area contributed by atoms with E-state index in [9.17, 15) is 8.42 Å². The number of sulfone groups is 1. The molecule has 1 aliphatic rings. The summed E-state index contributed by atoms with van der Waals surface area (Å²) in [4.78, 5) is 11.3. The number of imidazole rings is 1. The molecule has 0 aliphatic carbocycles. The van der Waals surface area contributed by atoms with Gasteiger partial charge in [0.05, 0.1) is 30.3 Å². The van der Waals surface area contributed by atoms with Crippen molar-refractivity contribution in [1.29, 1.82) is 0 Å². The highest BCUT2D eigenvalue weighted by atomic mass is 32.2. The van der Waals surface area contributed by atoms with E-state index < -0.39 is 9.84 Å². The zero-order valence-electron chi connectivity index (χ0n) is 16.6. The van der Waals surface area contributed by atoms with Crippen molar-refractivity contribution in [1.82, 2.24) is 24.1 Å². The predicted octanol–water partition coefficient (Wildman–Crippen LogP) is 1.28. The van der Waals surface area contributed by atoms with Crippen molar-refractivity contribution in [3.63, 3.8) is 0 Å². The molecule has 4 aromatic rings. The molecule has 0 bridgehead atoms. The maximum atomic E-state index is 12.4. The summed E-state index contributed by atoms with van der Waals surface area (Å²) in [5, 5.41) is 4.64. The normalized spacial score (nSPS) is 17.8. The number of hydrogen-bond donors (Lipinski definition) is 1. The van der Waals surface area contributed by atoms with Gasteiger partial charge < -0.3 is 15.4 Å². The lowest BCUT2D eigenvalue weighted by Gasteiger charge is -2.34. The Kier molecular flexibility index (Phi) is 4.19. The summed E-state index contributed by atoms with van der Waals surface area (Å²) in [6.07, 6.45) is 1.16. The first-order valence-electron chi connectivity index (χ1n) is 9.52. The molecule has 0 amide bonds. The van der Waals surface area contributed by atoms with Crippen LogP contribution in [0.1, 0.15) is 6.92 Å². The second-order valence-electron chi connectivity index (χ2n) is 7.39. The molecule has 3 aromatic heterocycles. The number of hydrogen-bond acceptors (Lipinski definition) is 8. The molecule has 11 heteroatoms. The van der Waals surface area contributed by atoms with Crippen LogP contribution in [-0.4, -0.2) is 64.6 Å². The highest BCUT2D eigenvalue weighted by Crippen LogP contribution is 2.29. The minimum Gasteiger partial charge on any atom is -0.377 e. The van der Waals surface area contributed by atoms with Gasteiger partial charge in [-0.15, -0.1) is 5.10 Å². The molecule has 5 rings (SSSR count). The molecule has 1 saturated heterocycles. The number of nitrogen functional groups attached to an aromatic ring is 1. The molecule has 30 heavy (non-hydrogen) atoms. The number of para-hydroxylation sites is 2. The van der Waals surface area contributed by atoms with Crippen LogP contribution in [0.25, 0.3) is 22.5 Å². The molecule has 2 N–H and O–H groups in total. The van der Waals surface area contributed by atoms with Crippen molar-refractivity contribution >= 4 is 38.2 Å². The first-order chi connectivity index (χ1) is 14.3. The highest BCUT2D eigenvalue weighted by molar-refractivity contribution is 7.90. The number of ether oxygens (including phenoxy) is 1. The second-order valence-corrected chi connectivity index (χ2v) is 9.35. The first-order valence-corrected chi connectivity index (χ1v) is 11.4. The zero-order valence-corrected chi connectivity index (χ0v) is 17.4. The van der Waals surface area contributed by atoms with Crippen LogP contribution in [0.4, 0.5) is 11.8 Å². The fourth-order valence-electron chi connectivity index (χ4n) is 3.83. The molecule has 4 heterocycles. The fraction of sp³-hybridized carbons (Fsp3) is 0.316. The van der Waals surface area contributed by atoms with E-state index >= 15 is 0 Å². The summed E-state index contributed by atoms with van der Waals surface area (Å²) in [5.41, 5.74) is 8.25. The van der Waals surface area contributed by atoms with Gasteiger partial charge in [-0.3, -0.25) is 0 Å². The summed E-state index contributed by atoms with van der Waals surface area (Å²) < 4.78 is 33.4. The van der Waals surface area contributed by atoms with Gasteiger partial charge in [0, 0.05) is 12.8 Å². The van der Waals surface area contributed by atoms with Gasteiger partial charge in [0.2, 0.25) is 5.95 Å². The van der Waals surface area contributed by atoms with Crippen LogP contribution in [-0.2, 0) is 14.6 Å². The molecule has 1 atom stereocenters. The lowest BCUT2D eigenvalue weighted by molar-refractivity contribution is 0.0986. The number of rotatable bonds is 3. The van der Waals surface area contributed by atoms with Crippen molar-refractivity contribution in [3.05, 3.63) is 36.4 Å². The number of aromatic nitrogens is 5. The van der Waals surface area contributed by atoms with E-state index in [1.54, 1.807) is 16.7 Å². The molecule has 0 unspecified atom stereocenters. The Hall–Kier alpha value is -3.18. The van der Waals surface area contributed by atoms with Gasteiger partial charge in [-0.1, -0.05) is 12.1 Å². The SMILES string of the molecule is C[C@@H]1COCCN1c1nc(-n2c(N)nc3ccccc32)nn2c(S(C)(=O)=O)ccc12. The largest absolute Gasteiger partial charge is 0.377 e. The summed E-state index contributed by atoms with van der Waals surface area (Å²) in [7, 11) is -3.51. The van der Waals surface area contributed by atoms with E-state index in [-0.39, 0.29) is 23.0 Å². The van der Waals surface area contributed by atoms with Gasteiger partial charge in [-0.2, -0.15) is 4.98 Å². The number of nitrogens with zero attached hydrogens (tertiary/aromatic N) is 6. The molecule has 1 fully saturated rings. The number of benzene rings is 1. The Morgan fingerprint density at radius 2 is 1.93 bits per heavy atom. The maximum Gasteiger partial charge on any atom is 0.257 e. The quantitative estimate of drug-likeness (QED) is 0.519. The third kappa shape index (κ3) is 2.89. The molecule has 0 saturated carbocycles. The van der Waals surface area contributed by atoms with Crippen molar-refractivity contribution in [2.75, 3.05) is 36.6 Å². The van der Waals surface area contributed by atoms with Crippen LogP contribution < -0.4 is 10.6 Å². The van der Waals surface area contributed by atoms with E-state index in [0.717, 1.165) is 11.8 Å². The van der Waals surface area contributed by atoms with Gasteiger partial charge in [-0.25, -0.2) is 22.5 Å². The van der Waals surface area contributed by atoms with E-state index in [1.807, 2.05) is 31.2 Å². The molecule has 1 aromatic carbocycles. The van der Waals surface area contributed by atoms with E-state index in [1.165, 1.54) is 4.52 Å². The van der Waals surface area contributed by atoms with Crippen molar-refractivity contribution in [3.8, 4) is 5.95 Å². The van der Waals surface area contributed by atoms with Crippen molar-refractivity contribution in [2.24, 2.45) is 0 Å². The number of nitrogens with two attached hydrogens (primary N) is 1. The average molecular weight is 427 g/mol. The first kappa shape index (κ1) is 18.8. The van der Waals surface area contributed by atoms with Gasteiger partial charge in [0.1, 0.15) is 5.52 Å². The van der Waals surface area contributed by atoms with Gasteiger partial charge in [-0.05, 0) is 31.2 Å². The van der Waals surface area contributed by atoms with Crippen molar-refractivity contribution in [2.45, 2.75) is 18.0 Å². The summed E-state index contributed by atoms with van der Waals surface area (Å²) in [6, 6.07) is 10.8. The van der Waals surface area contributed by atoms with Crippen LogP contribution >= 0.6 is 0 Å². The van der Waals surface area contributed by atoms with Gasteiger partial charge in [0.15, 0.2) is 20.7 Å². The Balaban J connectivity index is 1.83. The fourth-order valence-corrected chi connectivity index (χ4v) is 4.60. The van der Waals surface area contributed by atoms with Gasteiger partial charge >= 0.3 is 0 Å². The lowest BCUT2D eigenvalue weighted by atomic mass is 10.2. The molecule has 0 radical (unpaired) electrons. The minimum absolute atomic E-state index is 0.0683. The Labute approximate surface area is 172 Å². The Bertz CT molecular complexity index is 1380. The third-order valence-corrected chi connectivity index (χ3v) is 6.32. The van der Waals surface area contributed by atoms with E-state index in [4.69, 9.17) is 15.5 Å². The van der Waals surface area contributed by atoms with E-state index in [0.29, 0.717) is 36.6 Å². The van der Waals surface area contributed by atoms with Crippen molar-refractivity contribution < 1.29 is 13.2 Å². The summed E-state index contributed by atoms with van der Waals surface area (Å²) in [6.45, 7) is 3.79. The topological polar surface area (TPSA) is 121 Å². The number of morpholine rings is 1. The van der Waals surface area contributed by atoms with Crippen LogP contribution in [0.2, 0.25) is 0 Å². The third-order valence-electron chi connectivity index (χ3n) is 5.25. The molecule has 10 nitrogen and oxygen atoms in total. The molecule has 1 aliphatic heterocycles. The standard InChI is InChI=1S/C19H21N7O3S/c1-12-11-29-10-9-24(12)17-15-7-8-16(30(2,27)28)26(15)23-19(22-17)25-14-6-4-3-5-13(14)21-18(25)20/h3-8,12H,9-11H2,1-2H3,(H2,20,21)/t12-/m1/s1. The van der Waals surface area contributed by atoms with Crippen LogP contribution in [0, 0.1) is 0 Å². The maximum absolute atomic E-state index is 12.4. The summed E-state index contributed by atoms with van der Waals surface area (Å²) in [5.74, 6) is 1.11. The number of fused-ring (bicyclic) bond motifs is 2. The highest BCUT2D eigenvalue weighted by Gasteiger charge is 2.27. The van der Waals surface area contributed by atoms with Crippen LogP contribution in [0.3, 0.4) is 0 Å². The van der Waals surface area contributed by atoms with Crippen LogP contribution in [0.15, 0.2) is 41.4 Å². The van der Waals surface area contributed by atoms with E-state index in [2.05, 4.69) is 15.0 Å². The zero-order chi connectivity index (χ0) is 21.0. The molecular weight excluding hydrogens is 406 g/mol. The number of anilines is 2. The lowest BCUT2D eigenvalue weighted by Crippen LogP contribution is -2.44. The Morgan fingerprint density at radius 3 is 2.70 bits per heavy atom. The van der Waals surface area contributed by atoms with Gasteiger partial charge in [0.25, 0.3) is 5.95 Å². The summed E-state index contributed by atoms with van der Waals surface area (Å²) >= 11 is 0. The second kappa shape index (κ2) is 6.67. The predicted molar refractivity (Wildman–Crippen MR) is 113 cm³/mol. The van der Waals surface area contributed by atoms with Crippen LogP contribution in [0.5, 0.6) is 0 Å². The molecule has 0 spiro atoms. The smallest absolute Gasteiger partial charge is 0.257 e. The average Bonchev–Trinajstić information content (AvgIpc) is 3.27. The minimum atomic E-state index is -3.51. The molecule has 156 valence electrons.